The van der Waals surface area contributed by atoms with E-state index in [9.17, 15) is 27.9 Å². The zero-order valence-electron chi connectivity index (χ0n) is 28.8. The van der Waals surface area contributed by atoms with E-state index in [0.29, 0.717) is 31.5 Å². The molecule has 5 rings (SSSR count). The van der Waals surface area contributed by atoms with Crippen LogP contribution in [0.2, 0.25) is 0 Å². The Balaban J connectivity index is 1.40. The number of nitrogens with one attached hydrogen (secondary N) is 3. The molecule has 4 N–H and O–H groups in total. The van der Waals surface area contributed by atoms with Crippen LogP contribution in [0.1, 0.15) is 83.6 Å². The zero-order chi connectivity index (χ0) is 35.3. The molecule has 2 amide bonds. The van der Waals surface area contributed by atoms with E-state index in [1.807, 2.05) is 56.3 Å². The number of cyclic esters (lactones) is 1. The molecule has 2 aromatic rings. The van der Waals surface area contributed by atoms with Gasteiger partial charge in [-0.3, -0.25) is 24.7 Å². The first-order valence-corrected chi connectivity index (χ1v) is 19.0. The molecule has 2 aliphatic heterocycles. The first-order chi connectivity index (χ1) is 23.3. The molecule has 1 aliphatic carbocycles. The van der Waals surface area contributed by atoms with Gasteiger partial charge in [0.2, 0.25) is 15.9 Å². The molecule has 14 heteroatoms. The van der Waals surface area contributed by atoms with Gasteiger partial charge in [-0.15, -0.1) is 0 Å². The summed E-state index contributed by atoms with van der Waals surface area (Å²) >= 11 is 0. The quantitative estimate of drug-likeness (QED) is 0.348. The first kappa shape index (κ1) is 36.8. The van der Waals surface area contributed by atoms with E-state index < -0.39 is 58.3 Å². The van der Waals surface area contributed by atoms with Gasteiger partial charge in [-0.2, -0.15) is 0 Å². The van der Waals surface area contributed by atoms with Crippen molar-refractivity contribution >= 4 is 44.8 Å². The molecule has 3 heterocycles. The number of esters is 1. The van der Waals surface area contributed by atoms with Crippen LogP contribution in [-0.2, 0) is 29.1 Å². The van der Waals surface area contributed by atoms with Gasteiger partial charge in [0, 0.05) is 31.4 Å². The van der Waals surface area contributed by atoms with Crippen molar-refractivity contribution in [3.63, 3.8) is 0 Å². The van der Waals surface area contributed by atoms with Crippen LogP contribution in [0.3, 0.4) is 0 Å². The molecule has 49 heavy (non-hydrogen) atoms. The van der Waals surface area contributed by atoms with Crippen LogP contribution in [0.4, 0.5) is 0 Å². The van der Waals surface area contributed by atoms with Crippen LogP contribution < -0.4 is 16.1 Å². The summed E-state index contributed by atoms with van der Waals surface area (Å²) in [7, 11) is -3.55. The van der Waals surface area contributed by atoms with Crippen molar-refractivity contribution in [2.24, 2.45) is 11.8 Å². The van der Waals surface area contributed by atoms with Crippen LogP contribution >= 0.6 is 0 Å². The number of aliphatic hydroxyl groups excluding tert-OH is 1. The number of aromatic nitrogens is 1. The lowest BCUT2D eigenvalue weighted by molar-refractivity contribution is -0.157. The Morgan fingerprint density at radius 1 is 1.02 bits per heavy atom. The molecule has 0 radical (unpaired) electrons. The molecule has 5 bridgehead atoms. The second kappa shape index (κ2) is 16.1. The summed E-state index contributed by atoms with van der Waals surface area (Å²) in [6.07, 6.45) is 5.42. The molecular weight excluding hydrogens is 648 g/mol. The Bertz CT molecular complexity index is 1650. The molecule has 5 atom stereocenters. The highest BCUT2D eigenvalue weighted by molar-refractivity contribution is 7.89. The molecule has 0 spiro atoms. The zero-order valence-corrected chi connectivity index (χ0v) is 29.6. The minimum absolute atomic E-state index is 0.0743. The molecule has 13 nitrogen and oxygen atoms in total. The molecule has 1 aromatic heterocycles. The summed E-state index contributed by atoms with van der Waals surface area (Å²) in [5, 5.41) is 18.9. The van der Waals surface area contributed by atoms with Crippen molar-refractivity contribution in [3.8, 4) is 0 Å². The fourth-order valence-corrected chi connectivity index (χ4v) is 8.06. The average molecular weight is 699 g/mol. The molecule has 1 saturated heterocycles. The number of rotatable bonds is 4. The highest BCUT2D eigenvalue weighted by Crippen LogP contribution is 2.31. The van der Waals surface area contributed by atoms with Gasteiger partial charge < -0.3 is 15.2 Å². The SMILES string of the molecule is CC(C)[C@@H]1NC(O)CCN(S(=O)(=O)CC2CC2)CC/C=C/c2ccc3ccc(nc3c2)[C@@H](C)OC(=O)[C@@H]2CCCN(N2)C(=O)[C@H](C)NC1=O. The smallest absolute Gasteiger partial charge is 0.325 e. The predicted molar refractivity (Wildman–Crippen MR) is 186 cm³/mol. The second-order valence-corrected chi connectivity index (χ2v) is 15.8. The minimum Gasteiger partial charge on any atom is -0.455 e. The Labute approximate surface area is 288 Å². The van der Waals surface area contributed by atoms with Crippen molar-refractivity contribution in [2.45, 2.75) is 96.7 Å². The van der Waals surface area contributed by atoms with Gasteiger partial charge in [0.1, 0.15) is 24.4 Å². The van der Waals surface area contributed by atoms with Crippen molar-refractivity contribution in [3.05, 3.63) is 47.7 Å². The monoisotopic (exact) mass is 698 g/mol. The number of hydrogen-bond acceptors (Lipinski definition) is 10. The van der Waals surface area contributed by atoms with Crippen LogP contribution in [-0.4, -0.2) is 95.3 Å². The van der Waals surface area contributed by atoms with E-state index in [0.717, 1.165) is 29.3 Å². The summed E-state index contributed by atoms with van der Waals surface area (Å²) in [6.45, 7) is 7.65. The summed E-state index contributed by atoms with van der Waals surface area (Å²) in [5.41, 5.74) is 5.18. The van der Waals surface area contributed by atoms with Crippen LogP contribution in [0, 0.1) is 11.8 Å². The molecule has 268 valence electrons. The third kappa shape index (κ3) is 9.85. The summed E-state index contributed by atoms with van der Waals surface area (Å²) in [6, 6.07) is 7.08. The number of hydrazine groups is 1. The van der Waals surface area contributed by atoms with E-state index in [1.54, 1.807) is 13.8 Å². The standard InChI is InChI=1S/C35H50N6O7S/c1-22(2)32-33(43)36-23(3)34(44)41-18-7-9-29(39-41)35(45)48-24(4)28-15-14-27-13-12-25(20-30(27)37-28)8-5-6-17-40(19-16-31(42)38-32)49(46,47)21-26-10-11-26/h5,8,12-15,20,22-24,26,29,31-32,38-39,42H,6-7,9-11,16-19,21H2,1-4H3,(H,36,43)/b8-5+/t23-,24+,29-,31?,32-/m0/s1. The van der Waals surface area contributed by atoms with Crippen LogP contribution in [0.25, 0.3) is 17.0 Å². The Morgan fingerprint density at radius 2 is 1.78 bits per heavy atom. The van der Waals surface area contributed by atoms with Crippen molar-refractivity contribution in [1.29, 1.82) is 0 Å². The number of hydrogen-bond donors (Lipinski definition) is 4. The number of fused-ring (bicyclic) bond motifs is 4. The average Bonchev–Trinajstić information content (AvgIpc) is 3.88. The number of sulfonamides is 1. The van der Waals surface area contributed by atoms with Crippen molar-refractivity contribution in [2.75, 3.05) is 25.4 Å². The normalized spacial score (nSPS) is 28.2. The molecule has 3 aliphatic rings. The van der Waals surface area contributed by atoms with Gasteiger partial charge in [0.25, 0.3) is 5.91 Å². The highest BCUT2D eigenvalue weighted by Gasteiger charge is 2.35. The van der Waals surface area contributed by atoms with E-state index in [1.165, 1.54) is 9.31 Å². The molecule has 1 saturated carbocycles. The van der Waals surface area contributed by atoms with Gasteiger partial charge in [-0.05, 0) is 75.5 Å². The highest BCUT2D eigenvalue weighted by atomic mass is 32.2. The Hall–Kier alpha value is -3.43. The van der Waals surface area contributed by atoms with Crippen molar-refractivity contribution < 1.29 is 32.6 Å². The second-order valence-electron chi connectivity index (χ2n) is 13.8. The minimum atomic E-state index is -3.55. The number of pyridine rings is 1. The lowest BCUT2D eigenvalue weighted by atomic mass is 10.0. The first-order valence-electron chi connectivity index (χ1n) is 17.4. The number of carbonyl (C=O) groups is 3. The van der Waals surface area contributed by atoms with Gasteiger partial charge in [-0.1, -0.05) is 44.2 Å². The van der Waals surface area contributed by atoms with E-state index in [-0.39, 0.29) is 37.1 Å². The number of aliphatic hydroxyl groups is 1. The van der Waals surface area contributed by atoms with Crippen LogP contribution in [0.5, 0.6) is 0 Å². The summed E-state index contributed by atoms with van der Waals surface area (Å²) in [4.78, 5) is 44.7. The van der Waals surface area contributed by atoms with Gasteiger partial charge in [0.15, 0.2) is 0 Å². The van der Waals surface area contributed by atoms with Crippen LogP contribution in [0.15, 0.2) is 36.4 Å². The summed E-state index contributed by atoms with van der Waals surface area (Å²) in [5.74, 6) is -1.38. The van der Waals surface area contributed by atoms with E-state index >= 15 is 0 Å². The maximum absolute atomic E-state index is 13.4. The number of ether oxygens (including phenoxy) is 1. The fourth-order valence-electron chi connectivity index (χ4n) is 6.15. The van der Waals surface area contributed by atoms with E-state index in [2.05, 4.69) is 16.1 Å². The van der Waals surface area contributed by atoms with Gasteiger partial charge >= 0.3 is 5.97 Å². The number of benzene rings is 1. The lowest BCUT2D eigenvalue weighted by Gasteiger charge is -2.35. The summed E-state index contributed by atoms with van der Waals surface area (Å²) < 4.78 is 33.9. The van der Waals surface area contributed by atoms with E-state index in [4.69, 9.17) is 9.72 Å². The third-order valence-electron chi connectivity index (χ3n) is 9.28. The molecular formula is C35H50N6O7S. The number of nitrogens with zero attached hydrogens (tertiary/aromatic N) is 3. The largest absolute Gasteiger partial charge is 0.455 e. The third-order valence-corrected chi connectivity index (χ3v) is 11.3. The fraction of sp³-hybridized carbons (Fsp3) is 0.600. The number of carbonyl (C=O) groups excluding carboxylic acids is 3. The molecule has 1 unspecified atom stereocenters. The molecule has 2 fully saturated rings. The van der Waals surface area contributed by atoms with Gasteiger partial charge in [-0.25, -0.2) is 23.1 Å². The maximum Gasteiger partial charge on any atom is 0.325 e. The predicted octanol–water partition coefficient (Wildman–Crippen LogP) is 2.62. The number of amides is 2. The maximum atomic E-state index is 13.4. The molecule has 1 aromatic carbocycles. The van der Waals surface area contributed by atoms with Gasteiger partial charge in [0.05, 0.1) is 23.0 Å². The van der Waals surface area contributed by atoms with Crippen molar-refractivity contribution in [1.82, 2.24) is 30.4 Å². The lowest BCUT2D eigenvalue weighted by Crippen LogP contribution is -2.61. The Kier molecular flexibility index (Phi) is 12.1. The Morgan fingerprint density at radius 3 is 2.51 bits per heavy atom. The topological polar surface area (TPSA) is 170 Å².